The zero-order valence-electron chi connectivity index (χ0n) is 13.8. The minimum absolute atomic E-state index is 0.0381. The van der Waals surface area contributed by atoms with Gasteiger partial charge in [0, 0.05) is 14.1 Å². The lowest BCUT2D eigenvalue weighted by Gasteiger charge is -2.15. The fourth-order valence-electron chi connectivity index (χ4n) is 3.06. The lowest BCUT2D eigenvalue weighted by molar-refractivity contribution is 0.0608. The minimum Gasteiger partial charge on any atom is -0.290 e. The minimum atomic E-state index is -0.612. The molecule has 1 aromatic carbocycles. The highest BCUT2D eigenvalue weighted by Gasteiger charge is 2.36. The van der Waals surface area contributed by atoms with Crippen LogP contribution < -0.4 is 11.2 Å². The summed E-state index contributed by atoms with van der Waals surface area (Å²) in [5.74, 6) is -0.963. The van der Waals surface area contributed by atoms with Crippen LogP contribution in [0.3, 0.4) is 0 Å². The van der Waals surface area contributed by atoms with Crippen molar-refractivity contribution in [3.05, 3.63) is 61.5 Å². The van der Waals surface area contributed by atoms with Crippen LogP contribution in [0.25, 0.3) is 11.2 Å². The van der Waals surface area contributed by atoms with Crippen molar-refractivity contribution in [3.8, 4) is 0 Å². The molecule has 3 aromatic rings. The van der Waals surface area contributed by atoms with Gasteiger partial charge in [0.2, 0.25) is 5.28 Å². The first-order valence-corrected chi connectivity index (χ1v) is 7.97. The molecule has 0 atom stereocenters. The molecule has 1 aliphatic heterocycles. The van der Waals surface area contributed by atoms with Crippen molar-refractivity contribution in [1.82, 2.24) is 23.6 Å². The molecule has 2 aromatic heterocycles. The summed E-state index contributed by atoms with van der Waals surface area (Å²) in [6.45, 7) is -0.283. The molecule has 0 radical (unpaired) electrons. The second-order valence-corrected chi connectivity index (χ2v) is 6.25. The Bertz CT molecular complexity index is 1200. The lowest BCUT2D eigenvalue weighted by atomic mass is 10.1. The topological polar surface area (TPSA) is 99.2 Å². The molecule has 1 aliphatic rings. The molecule has 132 valence electrons. The number of imide groups is 1. The van der Waals surface area contributed by atoms with E-state index in [-0.39, 0.29) is 23.1 Å². The van der Waals surface area contributed by atoms with Crippen LogP contribution in [-0.4, -0.2) is 35.4 Å². The van der Waals surface area contributed by atoms with Crippen molar-refractivity contribution in [2.75, 3.05) is 0 Å². The van der Waals surface area contributed by atoms with Crippen molar-refractivity contribution in [1.29, 1.82) is 0 Å². The van der Waals surface area contributed by atoms with E-state index in [0.29, 0.717) is 11.1 Å². The quantitative estimate of drug-likeness (QED) is 0.476. The smallest absolute Gasteiger partial charge is 0.290 e. The number of nitrogens with zero attached hydrogens (tertiary/aromatic N) is 5. The number of aryl methyl sites for hydroxylation is 1. The number of halogens is 1. The van der Waals surface area contributed by atoms with Gasteiger partial charge in [-0.05, 0) is 23.7 Å². The average Bonchev–Trinajstić information content (AvgIpc) is 3.09. The van der Waals surface area contributed by atoms with Crippen molar-refractivity contribution >= 4 is 34.6 Å². The first kappa shape index (κ1) is 16.3. The Labute approximate surface area is 150 Å². The molecular weight excluding hydrogens is 362 g/mol. The normalized spacial score (nSPS) is 13.7. The van der Waals surface area contributed by atoms with Gasteiger partial charge in [0.25, 0.3) is 17.4 Å². The monoisotopic (exact) mass is 373 g/mol. The summed E-state index contributed by atoms with van der Waals surface area (Å²) in [5.41, 5.74) is -0.462. The molecule has 2 amide bonds. The summed E-state index contributed by atoms with van der Waals surface area (Å²) in [6.07, 6.45) is 0. The third-order valence-electron chi connectivity index (χ3n) is 4.46. The van der Waals surface area contributed by atoms with E-state index in [9.17, 15) is 19.2 Å². The van der Waals surface area contributed by atoms with Crippen LogP contribution >= 0.6 is 11.6 Å². The van der Waals surface area contributed by atoms with Gasteiger partial charge in [-0.25, -0.2) is 4.79 Å². The summed E-state index contributed by atoms with van der Waals surface area (Å²) < 4.78 is 3.35. The largest absolute Gasteiger partial charge is 0.332 e. The van der Waals surface area contributed by atoms with Gasteiger partial charge in [-0.3, -0.25) is 33.0 Å². The molecule has 10 heteroatoms. The molecule has 9 nitrogen and oxygen atoms in total. The lowest BCUT2D eigenvalue weighted by Crippen LogP contribution is -2.38. The van der Waals surface area contributed by atoms with Crippen molar-refractivity contribution < 1.29 is 9.59 Å². The van der Waals surface area contributed by atoms with E-state index in [4.69, 9.17) is 11.6 Å². The van der Waals surface area contributed by atoms with Crippen molar-refractivity contribution in [2.24, 2.45) is 14.1 Å². The Hall–Kier alpha value is -3.20. The Balaban J connectivity index is 1.89. The standard InChI is InChI=1S/C16H12ClN5O4/c1-19-11-10(14(25)20(2)16(19)26)21(15(17)18-11)7-22-12(23)8-5-3-4-6-9(8)13(22)24/h3-6H,7H2,1-2H3. The number of carbonyl (C=O) groups excluding carboxylic acids is 2. The maximum absolute atomic E-state index is 12.5. The SMILES string of the molecule is Cn1c(=O)c2c(nc(Cl)n2CN2C(=O)c3ccccc3C2=O)n(C)c1=O. The van der Waals surface area contributed by atoms with Crippen LogP contribution in [0.15, 0.2) is 33.9 Å². The molecule has 0 fully saturated rings. The van der Waals surface area contributed by atoms with Crippen LogP contribution in [0.4, 0.5) is 0 Å². The Morgan fingerprint density at radius 3 is 2.12 bits per heavy atom. The van der Waals surface area contributed by atoms with Gasteiger partial charge in [-0.2, -0.15) is 4.98 Å². The highest BCUT2D eigenvalue weighted by molar-refractivity contribution is 6.29. The summed E-state index contributed by atoms with van der Waals surface area (Å²) >= 11 is 6.14. The highest BCUT2D eigenvalue weighted by atomic mass is 35.5. The summed E-state index contributed by atoms with van der Waals surface area (Å²) in [6, 6.07) is 6.45. The summed E-state index contributed by atoms with van der Waals surface area (Å²) in [5, 5.41) is -0.102. The molecule has 4 rings (SSSR count). The van der Waals surface area contributed by atoms with Gasteiger partial charge in [0.05, 0.1) is 11.1 Å². The van der Waals surface area contributed by atoms with Crippen LogP contribution in [0.2, 0.25) is 5.28 Å². The number of fused-ring (bicyclic) bond motifs is 2. The van der Waals surface area contributed by atoms with Crippen LogP contribution in [0, 0.1) is 0 Å². The molecule has 0 saturated heterocycles. The fraction of sp³-hybridized carbons (Fsp3) is 0.188. The zero-order chi connectivity index (χ0) is 18.7. The third-order valence-corrected chi connectivity index (χ3v) is 4.75. The van der Waals surface area contributed by atoms with E-state index >= 15 is 0 Å². The molecule has 0 bridgehead atoms. The number of benzene rings is 1. The van der Waals surface area contributed by atoms with Gasteiger partial charge < -0.3 is 0 Å². The van der Waals surface area contributed by atoms with E-state index in [2.05, 4.69) is 4.98 Å². The van der Waals surface area contributed by atoms with Gasteiger partial charge in [0.1, 0.15) is 6.67 Å². The second kappa shape index (κ2) is 5.40. The number of imidazole rings is 1. The number of aromatic nitrogens is 4. The van der Waals surface area contributed by atoms with E-state index in [1.165, 1.54) is 23.2 Å². The molecule has 26 heavy (non-hydrogen) atoms. The number of amides is 2. The summed E-state index contributed by atoms with van der Waals surface area (Å²) in [4.78, 5) is 54.7. The van der Waals surface area contributed by atoms with E-state index in [1.54, 1.807) is 24.3 Å². The average molecular weight is 374 g/mol. The molecule has 0 unspecified atom stereocenters. The third kappa shape index (κ3) is 2.00. The molecule has 0 aliphatic carbocycles. The van der Waals surface area contributed by atoms with Gasteiger partial charge in [0.15, 0.2) is 11.2 Å². The molecule has 0 N–H and O–H groups in total. The molecule has 0 spiro atoms. The van der Waals surface area contributed by atoms with Gasteiger partial charge >= 0.3 is 5.69 Å². The van der Waals surface area contributed by atoms with Crippen LogP contribution in [0.1, 0.15) is 20.7 Å². The van der Waals surface area contributed by atoms with Crippen molar-refractivity contribution in [2.45, 2.75) is 6.67 Å². The number of rotatable bonds is 2. The number of hydrogen-bond donors (Lipinski definition) is 0. The molecule has 0 saturated carbocycles. The van der Waals surface area contributed by atoms with Crippen LogP contribution in [-0.2, 0) is 20.8 Å². The van der Waals surface area contributed by atoms with E-state index in [0.717, 1.165) is 9.47 Å². The maximum Gasteiger partial charge on any atom is 0.332 e. The summed E-state index contributed by atoms with van der Waals surface area (Å²) in [7, 11) is 2.79. The molecule has 3 heterocycles. The molecular formula is C16H12ClN5O4. The van der Waals surface area contributed by atoms with E-state index in [1.807, 2.05) is 0 Å². The second-order valence-electron chi connectivity index (χ2n) is 5.91. The van der Waals surface area contributed by atoms with Gasteiger partial charge in [-0.15, -0.1) is 0 Å². The highest BCUT2D eigenvalue weighted by Crippen LogP contribution is 2.25. The number of carbonyl (C=O) groups is 2. The Kier molecular flexibility index (Phi) is 3.38. The Morgan fingerprint density at radius 2 is 1.54 bits per heavy atom. The van der Waals surface area contributed by atoms with Gasteiger partial charge in [-0.1, -0.05) is 12.1 Å². The fourth-order valence-corrected chi connectivity index (χ4v) is 3.28. The number of hydrogen-bond acceptors (Lipinski definition) is 5. The van der Waals surface area contributed by atoms with E-state index < -0.39 is 23.1 Å². The first-order valence-electron chi connectivity index (χ1n) is 7.60. The van der Waals surface area contributed by atoms with Crippen LogP contribution in [0.5, 0.6) is 0 Å². The first-order chi connectivity index (χ1) is 12.3. The maximum atomic E-state index is 12.5. The predicted octanol–water partition coefficient (Wildman–Crippen LogP) is 0.341. The Morgan fingerprint density at radius 1 is 0.962 bits per heavy atom. The predicted molar refractivity (Wildman–Crippen MR) is 92.2 cm³/mol. The zero-order valence-corrected chi connectivity index (χ0v) is 14.5. The van der Waals surface area contributed by atoms with Crippen molar-refractivity contribution in [3.63, 3.8) is 0 Å².